The zero-order valence-corrected chi connectivity index (χ0v) is 21.4. The summed E-state index contributed by atoms with van der Waals surface area (Å²) < 4.78 is 18.0. The molecule has 0 fully saturated rings. The molecule has 7 heteroatoms. The van der Waals surface area contributed by atoms with Crippen LogP contribution in [-0.2, 0) is 6.61 Å². The molecule has 0 atom stereocenters. The lowest BCUT2D eigenvalue weighted by atomic mass is 9.92. The molecule has 1 aliphatic rings. The van der Waals surface area contributed by atoms with Gasteiger partial charge in [-0.15, -0.1) is 0 Å². The Morgan fingerprint density at radius 3 is 2.63 bits per heavy atom. The molecular formula is C28H31N3O3S. The average molecular weight is 490 g/mol. The summed E-state index contributed by atoms with van der Waals surface area (Å²) in [6, 6.07) is 21.7. The second kappa shape index (κ2) is 10.8. The predicted molar refractivity (Wildman–Crippen MR) is 145 cm³/mol. The highest BCUT2D eigenvalue weighted by atomic mass is 32.1. The van der Waals surface area contributed by atoms with Gasteiger partial charge in [0.15, 0.2) is 5.11 Å². The molecule has 182 valence electrons. The Bertz CT molecular complexity index is 1240. The van der Waals surface area contributed by atoms with Gasteiger partial charge in [0, 0.05) is 12.0 Å². The van der Waals surface area contributed by atoms with E-state index in [1.54, 1.807) is 0 Å². The van der Waals surface area contributed by atoms with Crippen LogP contribution >= 0.6 is 12.2 Å². The maximum Gasteiger partial charge on any atom is 0.191 e. The van der Waals surface area contributed by atoms with Gasteiger partial charge >= 0.3 is 0 Å². The van der Waals surface area contributed by atoms with Crippen LogP contribution in [0.4, 0.5) is 5.69 Å². The zero-order chi connectivity index (χ0) is 24.8. The molecule has 0 aliphatic carbocycles. The van der Waals surface area contributed by atoms with E-state index in [2.05, 4.69) is 34.9 Å². The minimum absolute atomic E-state index is 0.377. The smallest absolute Gasteiger partial charge is 0.191 e. The van der Waals surface area contributed by atoms with Crippen molar-refractivity contribution in [1.29, 1.82) is 0 Å². The number of hydrogen-bond acceptors (Lipinski definition) is 5. The summed E-state index contributed by atoms with van der Waals surface area (Å²) >= 11 is 5.50. The van der Waals surface area contributed by atoms with Crippen LogP contribution in [0.3, 0.4) is 0 Å². The number of ether oxygens (including phenoxy) is 3. The number of nitrogens with one attached hydrogen (secondary N) is 2. The maximum absolute atomic E-state index is 6.20. The third kappa shape index (κ3) is 6.31. The van der Waals surface area contributed by atoms with E-state index >= 15 is 0 Å². The van der Waals surface area contributed by atoms with E-state index in [1.165, 1.54) is 5.56 Å². The minimum Gasteiger partial charge on any atom is -0.492 e. The molecule has 0 bridgehead atoms. The number of benzene rings is 3. The van der Waals surface area contributed by atoms with Crippen molar-refractivity contribution in [2.45, 2.75) is 46.3 Å². The van der Waals surface area contributed by atoms with Crippen LogP contribution in [-0.4, -0.2) is 23.0 Å². The Balaban J connectivity index is 1.51. The van der Waals surface area contributed by atoms with E-state index in [9.17, 15) is 0 Å². The Kier molecular flexibility index (Phi) is 7.56. The monoisotopic (exact) mass is 489 g/mol. The molecule has 0 spiro atoms. The molecule has 0 amide bonds. The molecule has 0 radical (unpaired) electrons. The molecule has 1 aliphatic heterocycles. The summed E-state index contributed by atoms with van der Waals surface area (Å²) in [4.78, 5) is 0. The van der Waals surface area contributed by atoms with Crippen molar-refractivity contribution in [3.8, 4) is 17.2 Å². The van der Waals surface area contributed by atoms with Gasteiger partial charge in [0.05, 0.1) is 18.0 Å². The van der Waals surface area contributed by atoms with E-state index in [1.807, 2.05) is 75.4 Å². The number of hydrogen-bond donors (Lipinski definition) is 2. The van der Waals surface area contributed by atoms with Crippen molar-refractivity contribution >= 4 is 28.7 Å². The lowest BCUT2D eigenvalue weighted by Gasteiger charge is -2.33. The lowest BCUT2D eigenvalue weighted by molar-refractivity contribution is 0.111. The quantitative estimate of drug-likeness (QED) is 0.303. The normalized spacial score (nSPS) is 15.0. The highest BCUT2D eigenvalue weighted by Gasteiger charge is 2.31. The second-order valence-electron chi connectivity index (χ2n) is 8.97. The van der Waals surface area contributed by atoms with Crippen molar-refractivity contribution in [3.05, 3.63) is 83.4 Å². The summed E-state index contributed by atoms with van der Waals surface area (Å²) in [7, 11) is 0. The van der Waals surface area contributed by atoms with Crippen LogP contribution in [0.25, 0.3) is 0 Å². The second-order valence-corrected chi connectivity index (χ2v) is 9.37. The number of aryl methyl sites for hydroxylation is 1. The summed E-state index contributed by atoms with van der Waals surface area (Å²) in [5.41, 5.74) is 7.47. The molecular weight excluding hydrogens is 458 g/mol. The largest absolute Gasteiger partial charge is 0.492 e. The van der Waals surface area contributed by atoms with Crippen molar-refractivity contribution < 1.29 is 14.2 Å². The molecule has 1 heterocycles. The van der Waals surface area contributed by atoms with Gasteiger partial charge in [-0.1, -0.05) is 36.4 Å². The van der Waals surface area contributed by atoms with Gasteiger partial charge in [0.25, 0.3) is 0 Å². The molecule has 6 nitrogen and oxygen atoms in total. The first-order valence-corrected chi connectivity index (χ1v) is 12.1. The van der Waals surface area contributed by atoms with Crippen LogP contribution in [0.15, 0.2) is 71.8 Å². The number of fused-ring (bicyclic) bond motifs is 1. The third-order valence-corrected chi connectivity index (χ3v) is 5.82. The molecule has 3 aromatic carbocycles. The van der Waals surface area contributed by atoms with Gasteiger partial charge in [0.2, 0.25) is 0 Å². The molecule has 4 rings (SSSR count). The van der Waals surface area contributed by atoms with Crippen molar-refractivity contribution in [3.63, 3.8) is 0 Å². The van der Waals surface area contributed by atoms with E-state index < -0.39 is 5.60 Å². The van der Waals surface area contributed by atoms with Crippen LogP contribution in [0.5, 0.6) is 17.2 Å². The average Bonchev–Trinajstić information content (AvgIpc) is 2.83. The van der Waals surface area contributed by atoms with Crippen LogP contribution in [0, 0.1) is 6.92 Å². The molecule has 2 N–H and O–H groups in total. The molecule has 0 aromatic heterocycles. The lowest BCUT2D eigenvalue weighted by Crippen LogP contribution is -2.37. The van der Waals surface area contributed by atoms with Crippen LogP contribution < -0.4 is 25.0 Å². The summed E-state index contributed by atoms with van der Waals surface area (Å²) in [6.07, 6.45) is 0.617. The number of anilines is 1. The SMILES string of the molecule is CCOc1ccccc1NC(=S)NN=C1CC(C)(C)Oc2ccc(OCc3ccccc3C)cc21. The topological polar surface area (TPSA) is 64.1 Å². The predicted octanol–water partition coefficient (Wildman–Crippen LogP) is 6.22. The minimum atomic E-state index is -0.395. The fourth-order valence-corrected chi connectivity index (χ4v) is 4.05. The molecule has 0 saturated heterocycles. The zero-order valence-electron chi connectivity index (χ0n) is 20.6. The van der Waals surface area contributed by atoms with E-state index in [-0.39, 0.29) is 0 Å². The highest BCUT2D eigenvalue weighted by molar-refractivity contribution is 7.80. The Labute approximate surface area is 212 Å². The van der Waals surface area contributed by atoms with Crippen molar-refractivity contribution in [2.75, 3.05) is 11.9 Å². The Morgan fingerprint density at radius 1 is 1.06 bits per heavy atom. The van der Waals surface area contributed by atoms with Gasteiger partial charge in [0.1, 0.15) is 29.5 Å². The van der Waals surface area contributed by atoms with Gasteiger partial charge in [-0.05, 0) is 81.4 Å². The first-order chi connectivity index (χ1) is 16.8. The molecule has 0 saturated carbocycles. The fourth-order valence-electron chi connectivity index (χ4n) is 3.90. The van der Waals surface area contributed by atoms with Gasteiger partial charge in [-0.3, -0.25) is 5.43 Å². The summed E-state index contributed by atoms with van der Waals surface area (Å²) in [5.74, 6) is 2.26. The number of hydrazone groups is 1. The van der Waals surface area contributed by atoms with Crippen molar-refractivity contribution in [1.82, 2.24) is 5.43 Å². The van der Waals surface area contributed by atoms with Crippen LogP contribution in [0.1, 0.15) is 43.9 Å². The first-order valence-electron chi connectivity index (χ1n) is 11.7. The number of thiocarbonyl (C=S) groups is 1. The third-order valence-electron chi connectivity index (χ3n) is 5.62. The number of para-hydroxylation sites is 2. The van der Waals surface area contributed by atoms with Gasteiger partial charge < -0.3 is 19.5 Å². The Hall–Kier alpha value is -3.58. The standard InChI is InChI=1S/C28H31N3O3S/c1-5-32-26-13-9-8-12-23(26)29-27(35)31-30-24-17-28(3,4)34-25-15-14-21(16-22(24)25)33-18-20-11-7-6-10-19(20)2/h6-16H,5,17-18H2,1-4H3,(H2,29,31,35). The van der Waals surface area contributed by atoms with Gasteiger partial charge in [-0.2, -0.15) is 5.10 Å². The summed E-state index contributed by atoms with van der Waals surface area (Å²) in [5, 5.41) is 8.20. The first kappa shape index (κ1) is 24.5. The molecule has 35 heavy (non-hydrogen) atoms. The van der Waals surface area contributed by atoms with E-state index in [4.69, 9.17) is 26.4 Å². The van der Waals surface area contributed by atoms with E-state index in [0.29, 0.717) is 24.7 Å². The Morgan fingerprint density at radius 2 is 1.83 bits per heavy atom. The summed E-state index contributed by atoms with van der Waals surface area (Å²) in [6.45, 7) is 9.19. The van der Waals surface area contributed by atoms with Crippen molar-refractivity contribution in [2.24, 2.45) is 5.10 Å². The number of nitrogens with zero attached hydrogens (tertiary/aromatic N) is 1. The highest BCUT2D eigenvalue weighted by Crippen LogP contribution is 2.36. The van der Waals surface area contributed by atoms with Crippen LogP contribution in [0.2, 0.25) is 0 Å². The maximum atomic E-state index is 6.20. The molecule has 0 unspecified atom stereocenters. The number of rotatable bonds is 7. The molecule has 3 aromatic rings. The fraction of sp³-hybridized carbons (Fsp3) is 0.286. The van der Waals surface area contributed by atoms with E-state index in [0.717, 1.165) is 39.8 Å². The van der Waals surface area contributed by atoms with Gasteiger partial charge in [-0.25, -0.2) is 0 Å².